The minimum absolute atomic E-state index is 0.370. The predicted octanol–water partition coefficient (Wildman–Crippen LogP) is 0.646. The van der Waals surface area contributed by atoms with Crippen LogP contribution in [0.4, 0.5) is 0 Å². The van der Waals surface area contributed by atoms with Crippen molar-refractivity contribution in [1.82, 2.24) is 0 Å². The Labute approximate surface area is 150 Å². The van der Waals surface area contributed by atoms with Crippen molar-refractivity contribution in [2.45, 2.75) is 32.3 Å². The highest BCUT2D eigenvalue weighted by Crippen LogP contribution is 2.47. The van der Waals surface area contributed by atoms with Crippen LogP contribution in [-0.4, -0.2) is 51.4 Å². The fourth-order valence-corrected chi connectivity index (χ4v) is 3.25. The lowest BCUT2D eigenvalue weighted by atomic mass is 9.80. The standard InChI is InChI=1S/C14H18N2O8S2/c1-12(2,3)9-6-7-13(21-10(15-23-13)25(4,17)18)14(8-9)22-11(16-24-14)26(5,19)20/h6-8H,1-5H3. The van der Waals surface area contributed by atoms with Gasteiger partial charge in [-0.3, -0.25) is 0 Å². The van der Waals surface area contributed by atoms with Gasteiger partial charge in [-0.25, -0.2) is 16.8 Å². The van der Waals surface area contributed by atoms with Gasteiger partial charge < -0.3 is 19.1 Å². The lowest BCUT2D eigenvalue weighted by Crippen LogP contribution is -2.57. The molecule has 0 aromatic heterocycles. The number of hydrogen-bond donors (Lipinski definition) is 0. The summed E-state index contributed by atoms with van der Waals surface area (Å²) in [5.74, 6) is -3.99. The summed E-state index contributed by atoms with van der Waals surface area (Å²) < 4.78 is 57.9. The van der Waals surface area contributed by atoms with Crippen LogP contribution in [0.2, 0.25) is 0 Å². The Bertz CT molecular complexity index is 984. The molecule has 2 atom stereocenters. The molecule has 0 saturated carbocycles. The van der Waals surface area contributed by atoms with E-state index >= 15 is 0 Å². The number of oxime groups is 2. The molecule has 2 aliphatic heterocycles. The summed E-state index contributed by atoms with van der Waals surface area (Å²) in [7, 11) is -7.66. The van der Waals surface area contributed by atoms with Gasteiger partial charge in [-0.1, -0.05) is 26.8 Å². The first-order valence-corrected chi connectivity index (χ1v) is 11.2. The van der Waals surface area contributed by atoms with Gasteiger partial charge in [0.2, 0.25) is 19.7 Å². The highest BCUT2D eigenvalue weighted by molar-refractivity contribution is 8.05. The summed E-state index contributed by atoms with van der Waals surface area (Å²) in [6.45, 7) is 5.74. The fourth-order valence-electron chi connectivity index (χ4n) is 2.36. The van der Waals surface area contributed by atoms with Crippen molar-refractivity contribution < 1.29 is 36.0 Å². The molecule has 12 heteroatoms. The van der Waals surface area contributed by atoms with Gasteiger partial charge >= 0.3 is 22.0 Å². The van der Waals surface area contributed by atoms with Crippen molar-refractivity contribution in [2.75, 3.05) is 12.5 Å². The summed E-state index contributed by atoms with van der Waals surface area (Å²) in [5, 5.41) is 5.55. The fraction of sp³-hybridized carbons (Fsp3) is 0.571. The molecule has 0 N–H and O–H groups in total. The number of ether oxygens (including phenoxy) is 2. The van der Waals surface area contributed by atoms with Gasteiger partial charge in [0.15, 0.2) is 0 Å². The molecule has 0 radical (unpaired) electrons. The van der Waals surface area contributed by atoms with E-state index in [0.29, 0.717) is 5.57 Å². The average molecular weight is 406 g/mol. The molecule has 0 aromatic rings. The Morgan fingerprint density at radius 1 is 0.885 bits per heavy atom. The third-order valence-electron chi connectivity index (χ3n) is 3.80. The number of fused-ring (bicyclic) bond motifs is 1. The Balaban J connectivity index is 2.08. The van der Waals surface area contributed by atoms with E-state index in [1.165, 1.54) is 12.2 Å². The summed E-state index contributed by atoms with van der Waals surface area (Å²) in [6, 6.07) is 0. The van der Waals surface area contributed by atoms with Crippen LogP contribution in [0.5, 0.6) is 0 Å². The van der Waals surface area contributed by atoms with Gasteiger partial charge in [0, 0.05) is 24.7 Å². The Kier molecular flexibility index (Phi) is 3.76. The van der Waals surface area contributed by atoms with E-state index in [9.17, 15) is 16.8 Å². The lowest BCUT2D eigenvalue weighted by Gasteiger charge is -2.38. The summed E-state index contributed by atoms with van der Waals surface area (Å²) >= 11 is 0. The number of sulfone groups is 2. The molecule has 0 bridgehead atoms. The number of rotatable bonds is 0. The van der Waals surface area contributed by atoms with Crippen LogP contribution in [-0.2, 0) is 38.8 Å². The maximum Gasteiger partial charge on any atom is 0.381 e. The molecular weight excluding hydrogens is 388 g/mol. The molecule has 10 nitrogen and oxygen atoms in total. The van der Waals surface area contributed by atoms with Crippen LogP contribution in [0.1, 0.15) is 20.8 Å². The van der Waals surface area contributed by atoms with Crippen LogP contribution in [0.15, 0.2) is 34.1 Å². The maximum atomic E-state index is 11.8. The second-order valence-corrected chi connectivity index (χ2v) is 11.0. The predicted molar refractivity (Wildman–Crippen MR) is 91.0 cm³/mol. The van der Waals surface area contributed by atoms with E-state index in [1.807, 2.05) is 20.8 Å². The van der Waals surface area contributed by atoms with Crippen molar-refractivity contribution in [2.24, 2.45) is 15.7 Å². The topological polar surface area (TPSA) is 130 Å². The number of allylic oxidation sites excluding steroid dienone is 2. The molecule has 3 aliphatic rings. The van der Waals surface area contributed by atoms with E-state index in [1.54, 1.807) is 6.08 Å². The van der Waals surface area contributed by atoms with Crippen LogP contribution in [0.3, 0.4) is 0 Å². The second kappa shape index (κ2) is 5.22. The van der Waals surface area contributed by atoms with E-state index in [0.717, 1.165) is 12.5 Å². The van der Waals surface area contributed by atoms with Gasteiger partial charge in [0.1, 0.15) is 0 Å². The first-order valence-electron chi connectivity index (χ1n) is 7.42. The molecule has 2 unspecified atom stereocenters. The van der Waals surface area contributed by atoms with Gasteiger partial charge in [0.05, 0.1) is 0 Å². The highest BCUT2D eigenvalue weighted by atomic mass is 32.2. The average Bonchev–Trinajstić information content (AvgIpc) is 3.06. The number of nitrogens with zero attached hydrogens (tertiary/aromatic N) is 2. The zero-order valence-corrected chi connectivity index (χ0v) is 16.3. The van der Waals surface area contributed by atoms with Gasteiger partial charge in [-0.15, -0.1) is 0 Å². The van der Waals surface area contributed by atoms with Crippen molar-refractivity contribution in [3.05, 3.63) is 23.8 Å². The first kappa shape index (κ1) is 18.7. The first-order chi connectivity index (χ1) is 11.7. The lowest BCUT2D eigenvalue weighted by molar-refractivity contribution is -0.300. The Morgan fingerprint density at radius 3 is 1.77 bits per heavy atom. The zero-order chi connectivity index (χ0) is 19.6. The molecule has 3 rings (SSSR count). The third kappa shape index (κ3) is 2.86. The van der Waals surface area contributed by atoms with Crippen LogP contribution >= 0.6 is 0 Å². The zero-order valence-electron chi connectivity index (χ0n) is 14.7. The van der Waals surface area contributed by atoms with Crippen molar-refractivity contribution in [3.63, 3.8) is 0 Å². The molecule has 0 saturated heterocycles. The maximum absolute atomic E-state index is 11.8. The molecule has 2 heterocycles. The van der Waals surface area contributed by atoms with Crippen LogP contribution < -0.4 is 0 Å². The van der Waals surface area contributed by atoms with Gasteiger partial charge in [-0.2, -0.15) is 0 Å². The molecular formula is C14H18N2O8S2. The summed E-state index contributed by atoms with van der Waals surface area (Å²) in [5.41, 5.74) is 0.332. The third-order valence-corrected chi connectivity index (χ3v) is 5.39. The summed E-state index contributed by atoms with van der Waals surface area (Å²) in [6.07, 6.45) is 6.21. The van der Waals surface area contributed by atoms with Gasteiger partial charge in [-0.05, 0) is 21.3 Å². The summed E-state index contributed by atoms with van der Waals surface area (Å²) in [4.78, 5) is 10.5. The molecule has 2 spiro atoms. The second-order valence-electron chi connectivity index (χ2n) is 7.16. The van der Waals surface area contributed by atoms with E-state index < -0.39 is 41.7 Å². The van der Waals surface area contributed by atoms with E-state index in [4.69, 9.17) is 19.1 Å². The SMILES string of the molecule is CC(C)(C)C1=CC2(ON=C(S(C)(=O)=O)O2)C2(C=C1)ON=C(S(C)(=O)=O)O2. The minimum atomic E-state index is -3.84. The van der Waals surface area contributed by atoms with Crippen LogP contribution in [0.25, 0.3) is 0 Å². The van der Waals surface area contributed by atoms with Crippen molar-refractivity contribution >= 4 is 30.1 Å². The molecule has 0 amide bonds. The molecule has 26 heavy (non-hydrogen) atoms. The molecule has 144 valence electrons. The largest absolute Gasteiger partial charge is 0.411 e. The normalized spacial score (nSPS) is 30.9. The Hall–Kier alpha value is -2.08. The van der Waals surface area contributed by atoms with Crippen molar-refractivity contribution in [1.29, 1.82) is 0 Å². The molecule has 0 fully saturated rings. The van der Waals surface area contributed by atoms with E-state index in [2.05, 4.69) is 10.3 Å². The van der Waals surface area contributed by atoms with Gasteiger partial charge in [0.25, 0.3) is 0 Å². The number of hydrogen-bond acceptors (Lipinski definition) is 10. The quantitative estimate of drug-likeness (QED) is 0.573. The minimum Gasteiger partial charge on any atom is -0.411 e. The monoisotopic (exact) mass is 406 g/mol. The molecule has 1 aliphatic carbocycles. The smallest absolute Gasteiger partial charge is 0.381 e. The highest BCUT2D eigenvalue weighted by Gasteiger charge is 2.68. The van der Waals surface area contributed by atoms with Crippen LogP contribution in [0, 0.1) is 5.41 Å². The molecule has 0 aromatic carbocycles. The van der Waals surface area contributed by atoms with E-state index in [-0.39, 0.29) is 5.41 Å². The Morgan fingerprint density at radius 2 is 1.35 bits per heavy atom. The van der Waals surface area contributed by atoms with Crippen molar-refractivity contribution in [3.8, 4) is 0 Å².